The fraction of sp³-hybridized carbons (Fsp3) is 0.550. The third-order valence-corrected chi connectivity index (χ3v) is 11.2. The van der Waals surface area contributed by atoms with Crippen LogP contribution in [0.5, 0.6) is 0 Å². The SMILES string of the molecule is CC(C)[Si](OCCc1ccc2ccccc2n1)(C(C)C)C(C)C. The molecule has 0 N–H and O–H groups in total. The molecule has 2 aromatic rings. The van der Waals surface area contributed by atoms with Crippen LogP contribution in [0.2, 0.25) is 16.6 Å². The fourth-order valence-electron chi connectivity index (χ4n) is 4.08. The molecule has 1 heterocycles. The van der Waals surface area contributed by atoms with Crippen molar-refractivity contribution in [1.29, 1.82) is 0 Å². The summed E-state index contributed by atoms with van der Waals surface area (Å²) in [7, 11) is -1.76. The van der Waals surface area contributed by atoms with Crippen molar-refractivity contribution in [2.45, 2.75) is 64.6 Å². The molecule has 0 amide bonds. The first-order chi connectivity index (χ1) is 10.9. The second-order valence-corrected chi connectivity index (χ2v) is 12.9. The summed E-state index contributed by atoms with van der Waals surface area (Å²) in [4.78, 5) is 4.76. The predicted molar refractivity (Wildman–Crippen MR) is 102 cm³/mol. The Kier molecular flexibility index (Phi) is 5.98. The molecule has 1 aromatic carbocycles. The normalized spacial score (nSPS) is 12.7. The second kappa shape index (κ2) is 7.58. The van der Waals surface area contributed by atoms with Gasteiger partial charge in [-0.15, -0.1) is 0 Å². The Morgan fingerprint density at radius 3 is 2.09 bits per heavy atom. The summed E-state index contributed by atoms with van der Waals surface area (Å²) in [5, 5.41) is 1.20. The Bertz CT molecular complexity index is 615. The van der Waals surface area contributed by atoms with Gasteiger partial charge in [0.1, 0.15) is 0 Å². The summed E-state index contributed by atoms with van der Waals surface area (Å²) in [5.41, 5.74) is 4.10. The molecule has 0 aliphatic heterocycles. The topological polar surface area (TPSA) is 22.1 Å². The number of hydrogen-bond acceptors (Lipinski definition) is 2. The summed E-state index contributed by atoms with van der Waals surface area (Å²) in [6.45, 7) is 14.8. The zero-order valence-corrected chi connectivity index (χ0v) is 16.5. The zero-order chi connectivity index (χ0) is 17.0. The minimum Gasteiger partial charge on any atom is -0.416 e. The van der Waals surface area contributed by atoms with Crippen molar-refractivity contribution in [2.24, 2.45) is 0 Å². The first-order valence-electron chi connectivity index (χ1n) is 8.86. The third-order valence-electron chi connectivity index (χ3n) is 5.07. The lowest BCUT2D eigenvalue weighted by Crippen LogP contribution is -2.48. The van der Waals surface area contributed by atoms with Gasteiger partial charge in [-0.25, -0.2) is 0 Å². The van der Waals surface area contributed by atoms with Crippen LogP contribution >= 0.6 is 0 Å². The van der Waals surface area contributed by atoms with Crippen LogP contribution in [0.1, 0.15) is 47.2 Å². The zero-order valence-electron chi connectivity index (χ0n) is 15.5. The standard InChI is InChI=1S/C20H31NOSi/c1-15(2)23(16(3)4,17(5)6)22-14-13-19-12-11-18-9-7-8-10-20(18)21-19/h7-12,15-17H,13-14H2,1-6H3. The van der Waals surface area contributed by atoms with E-state index in [0.717, 1.165) is 24.2 Å². The average molecular weight is 330 g/mol. The van der Waals surface area contributed by atoms with E-state index in [1.807, 2.05) is 6.07 Å². The highest BCUT2D eigenvalue weighted by atomic mass is 28.4. The molecule has 0 atom stereocenters. The average Bonchev–Trinajstić information content (AvgIpc) is 2.50. The number of aromatic nitrogens is 1. The Morgan fingerprint density at radius 1 is 0.870 bits per heavy atom. The van der Waals surface area contributed by atoms with Crippen LogP contribution < -0.4 is 0 Å². The molecule has 2 rings (SSSR count). The summed E-state index contributed by atoms with van der Waals surface area (Å²) in [5.74, 6) is 0. The van der Waals surface area contributed by atoms with Crippen molar-refractivity contribution < 1.29 is 4.43 Å². The van der Waals surface area contributed by atoms with Gasteiger partial charge in [0.25, 0.3) is 0 Å². The van der Waals surface area contributed by atoms with Crippen LogP contribution in [-0.4, -0.2) is 19.9 Å². The Hall–Kier alpha value is -1.19. The predicted octanol–water partition coefficient (Wildman–Crippen LogP) is 5.97. The summed E-state index contributed by atoms with van der Waals surface area (Å²) in [6.07, 6.45) is 0.895. The molecule has 126 valence electrons. The maximum atomic E-state index is 6.63. The largest absolute Gasteiger partial charge is 0.416 e. The van der Waals surface area contributed by atoms with Crippen LogP contribution in [0.25, 0.3) is 10.9 Å². The van der Waals surface area contributed by atoms with Crippen molar-refractivity contribution in [3.63, 3.8) is 0 Å². The van der Waals surface area contributed by atoms with Crippen molar-refractivity contribution in [1.82, 2.24) is 4.98 Å². The van der Waals surface area contributed by atoms with E-state index in [9.17, 15) is 0 Å². The quantitative estimate of drug-likeness (QED) is 0.584. The molecule has 0 aliphatic carbocycles. The van der Waals surface area contributed by atoms with Gasteiger partial charge in [-0.2, -0.15) is 0 Å². The maximum absolute atomic E-state index is 6.63. The van der Waals surface area contributed by atoms with E-state index in [-0.39, 0.29) is 0 Å². The highest BCUT2D eigenvalue weighted by Crippen LogP contribution is 2.42. The van der Waals surface area contributed by atoms with Gasteiger partial charge in [-0.3, -0.25) is 4.98 Å². The van der Waals surface area contributed by atoms with E-state index < -0.39 is 8.32 Å². The van der Waals surface area contributed by atoms with Gasteiger partial charge in [0.15, 0.2) is 8.32 Å². The van der Waals surface area contributed by atoms with E-state index in [1.54, 1.807) is 0 Å². The first-order valence-corrected chi connectivity index (χ1v) is 11.0. The molecular weight excluding hydrogens is 298 g/mol. The molecule has 0 saturated heterocycles. The van der Waals surface area contributed by atoms with Gasteiger partial charge in [-0.1, -0.05) is 65.8 Å². The Morgan fingerprint density at radius 2 is 1.48 bits per heavy atom. The minimum atomic E-state index is -1.76. The van der Waals surface area contributed by atoms with Crippen LogP contribution in [0.3, 0.4) is 0 Å². The van der Waals surface area contributed by atoms with Crippen LogP contribution in [0, 0.1) is 0 Å². The summed E-state index contributed by atoms with van der Waals surface area (Å²) >= 11 is 0. The fourth-order valence-corrected chi connectivity index (χ4v) is 9.54. The number of pyridine rings is 1. The highest BCUT2D eigenvalue weighted by Gasteiger charge is 2.44. The molecule has 1 aromatic heterocycles. The molecule has 2 nitrogen and oxygen atoms in total. The summed E-state index contributed by atoms with van der Waals surface area (Å²) < 4.78 is 6.63. The van der Waals surface area contributed by atoms with Gasteiger partial charge in [0, 0.05) is 24.1 Å². The number of nitrogens with zero attached hydrogens (tertiary/aromatic N) is 1. The van der Waals surface area contributed by atoms with Gasteiger partial charge in [-0.05, 0) is 28.8 Å². The molecular formula is C20H31NOSi. The Labute approximate surface area is 142 Å². The van der Waals surface area contributed by atoms with Crippen molar-refractivity contribution in [3.05, 3.63) is 42.1 Å². The molecule has 23 heavy (non-hydrogen) atoms. The van der Waals surface area contributed by atoms with E-state index in [0.29, 0.717) is 16.6 Å². The van der Waals surface area contributed by atoms with Crippen LogP contribution in [0.4, 0.5) is 0 Å². The summed E-state index contributed by atoms with van der Waals surface area (Å²) in [6, 6.07) is 12.6. The minimum absolute atomic E-state index is 0.632. The number of hydrogen-bond donors (Lipinski definition) is 0. The molecule has 0 unspecified atom stereocenters. The van der Waals surface area contributed by atoms with Gasteiger partial charge in [0.05, 0.1) is 5.52 Å². The number of para-hydroxylation sites is 1. The highest BCUT2D eigenvalue weighted by molar-refractivity contribution is 6.77. The molecule has 0 spiro atoms. The van der Waals surface area contributed by atoms with Gasteiger partial charge < -0.3 is 4.43 Å². The second-order valence-electron chi connectivity index (χ2n) is 7.41. The van der Waals surface area contributed by atoms with Crippen LogP contribution in [0.15, 0.2) is 36.4 Å². The smallest absolute Gasteiger partial charge is 0.200 e. The van der Waals surface area contributed by atoms with E-state index >= 15 is 0 Å². The number of rotatable bonds is 7. The lowest BCUT2D eigenvalue weighted by Gasteiger charge is -2.42. The molecule has 3 heteroatoms. The molecule has 0 aliphatic rings. The van der Waals surface area contributed by atoms with E-state index in [1.165, 1.54) is 5.39 Å². The number of benzene rings is 1. The third kappa shape index (κ3) is 3.83. The van der Waals surface area contributed by atoms with Gasteiger partial charge in [0.2, 0.25) is 0 Å². The lowest BCUT2D eigenvalue weighted by molar-refractivity contribution is 0.280. The molecule has 0 radical (unpaired) electrons. The van der Waals surface area contributed by atoms with Crippen molar-refractivity contribution >= 4 is 19.2 Å². The molecule has 0 saturated carbocycles. The lowest BCUT2D eigenvalue weighted by atomic mass is 10.2. The monoisotopic (exact) mass is 329 g/mol. The van der Waals surface area contributed by atoms with Crippen molar-refractivity contribution in [3.8, 4) is 0 Å². The first kappa shape index (κ1) is 18.1. The molecule has 0 fully saturated rings. The van der Waals surface area contributed by atoms with Crippen molar-refractivity contribution in [2.75, 3.05) is 6.61 Å². The number of fused-ring (bicyclic) bond motifs is 1. The van der Waals surface area contributed by atoms with E-state index in [4.69, 9.17) is 9.41 Å². The Balaban J connectivity index is 2.09. The van der Waals surface area contributed by atoms with Crippen LogP contribution in [-0.2, 0) is 10.8 Å². The molecule has 0 bridgehead atoms. The van der Waals surface area contributed by atoms with Gasteiger partial charge >= 0.3 is 0 Å². The maximum Gasteiger partial charge on any atom is 0.200 e. The van der Waals surface area contributed by atoms with E-state index in [2.05, 4.69) is 71.9 Å².